The fraction of sp³-hybridized carbons (Fsp3) is 0.429. The summed E-state index contributed by atoms with van der Waals surface area (Å²) < 4.78 is 5.88. The van der Waals surface area contributed by atoms with Gasteiger partial charge in [0.05, 0.1) is 0 Å². The Morgan fingerprint density at radius 3 is 2.25 bits per heavy atom. The first-order valence-electron chi connectivity index (χ1n) is 8.92. The van der Waals surface area contributed by atoms with Gasteiger partial charge >= 0.3 is 0 Å². The molecule has 0 unspecified atom stereocenters. The molecule has 1 aliphatic rings. The molecule has 3 nitrogen and oxygen atoms in total. The van der Waals surface area contributed by atoms with E-state index in [0.29, 0.717) is 12.5 Å². The van der Waals surface area contributed by atoms with Crippen LogP contribution in [0.15, 0.2) is 54.6 Å². The second-order valence-corrected chi connectivity index (χ2v) is 6.62. The summed E-state index contributed by atoms with van der Waals surface area (Å²) in [4.78, 5) is 2.43. The van der Waals surface area contributed by atoms with Crippen molar-refractivity contribution in [2.45, 2.75) is 19.3 Å². The normalized spacial score (nSPS) is 16.2. The van der Waals surface area contributed by atoms with Gasteiger partial charge in [0.1, 0.15) is 12.4 Å². The molecule has 0 radical (unpaired) electrons. The molecule has 1 fully saturated rings. The maximum atomic E-state index is 9.17. The molecule has 24 heavy (non-hydrogen) atoms. The van der Waals surface area contributed by atoms with Crippen LogP contribution < -0.4 is 4.74 Å². The number of hydrogen-bond acceptors (Lipinski definition) is 3. The van der Waals surface area contributed by atoms with Crippen LogP contribution in [0, 0.1) is 5.92 Å². The predicted molar refractivity (Wildman–Crippen MR) is 97.4 cm³/mol. The van der Waals surface area contributed by atoms with E-state index in [-0.39, 0.29) is 0 Å². The van der Waals surface area contributed by atoms with Crippen LogP contribution in [0.2, 0.25) is 0 Å². The Morgan fingerprint density at radius 2 is 1.58 bits per heavy atom. The molecule has 1 aliphatic heterocycles. The molecule has 0 atom stereocenters. The predicted octanol–water partition coefficient (Wildman–Crippen LogP) is 3.36. The lowest BCUT2D eigenvalue weighted by Gasteiger charge is -2.30. The standard InChI is InChI=1S/C21H27NO2/c23-17-20-10-12-22(13-11-20)14-15-24-21-8-6-19(7-9-21)16-18-4-2-1-3-5-18/h1-9,20,23H,10-17H2. The van der Waals surface area contributed by atoms with Crippen LogP contribution in [0.1, 0.15) is 24.0 Å². The molecule has 1 heterocycles. The van der Waals surface area contributed by atoms with Gasteiger partial charge in [-0.3, -0.25) is 4.90 Å². The Balaban J connectivity index is 1.40. The van der Waals surface area contributed by atoms with E-state index < -0.39 is 0 Å². The van der Waals surface area contributed by atoms with Gasteiger partial charge in [-0.2, -0.15) is 0 Å². The number of piperidine rings is 1. The minimum Gasteiger partial charge on any atom is -0.492 e. The van der Waals surface area contributed by atoms with Crippen molar-refractivity contribution in [1.82, 2.24) is 4.90 Å². The molecule has 1 saturated heterocycles. The fourth-order valence-corrected chi connectivity index (χ4v) is 3.22. The third-order valence-corrected chi connectivity index (χ3v) is 4.82. The largest absolute Gasteiger partial charge is 0.492 e. The van der Waals surface area contributed by atoms with E-state index in [1.165, 1.54) is 11.1 Å². The maximum absolute atomic E-state index is 9.17. The number of ether oxygens (including phenoxy) is 1. The van der Waals surface area contributed by atoms with Gasteiger partial charge in [-0.1, -0.05) is 42.5 Å². The maximum Gasteiger partial charge on any atom is 0.119 e. The van der Waals surface area contributed by atoms with Crippen LogP contribution in [-0.2, 0) is 6.42 Å². The molecule has 2 aromatic rings. The highest BCUT2D eigenvalue weighted by Crippen LogP contribution is 2.17. The Hall–Kier alpha value is -1.84. The summed E-state index contributed by atoms with van der Waals surface area (Å²) in [6.45, 7) is 4.17. The topological polar surface area (TPSA) is 32.7 Å². The second kappa shape index (κ2) is 8.86. The lowest BCUT2D eigenvalue weighted by Crippen LogP contribution is -2.37. The van der Waals surface area contributed by atoms with Crippen LogP contribution >= 0.6 is 0 Å². The number of likely N-dealkylation sites (tertiary alicyclic amines) is 1. The first kappa shape index (κ1) is 17.0. The third-order valence-electron chi connectivity index (χ3n) is 4.82. The summed E-state index contributed by atoms with van der Waals surface area (Å²) >= 11 is 0. The van der Waals surface area contributed by atoms with Crippen molar-refractivity contribution in [2.24, 2.45) is 5.92 Å². The Bertz CT molecular complexity index is 589. The van der Waals surface area contributed by atoms with Crippen molar-refractivity contribution >= 4 is 0 Å². The van der Waals surface area contributed by atoms with Crippen LogP contribution in [0.3, 0.4) is 0 Å². The molecule has 0 aliphatic carbocycles. The number of hydrogen-bond donors (Lipinski definition) is 1. The number of aliphatic hydroxyl groups is 1. The Morgan fingerprint density at radius 1 is 0.917 bits per heavy atom. The molecule has 128 valence electrons. The van der Waals surface area contributed by atoms with Gasteiger partial charge in [0.2, 0.25) is 0 Å². The molecular weight excluding hydrogens is 298 g/mol. The first-order valence-corrected chi connectivity index (χ1v) is 8.92. The first-order chi connectivity index (χ1) is 11.8. The summed E-state index contributed by atoms with van der Waals surface area (Å²) in [5.41, 5.74) is 2.64. The van der Waals surface area contributed by atoms with Crippen molar-refractivity contribution in [1.29, 1.82) is 0 Å². The zero-order chi connectivity index (χ0) is 16.6. The minimum atomic E-state index is 0.333. The van der Waals surface area contributed by atoms with Crippen LogP contribution in [-0.4, -0.2) is 42.9 Å². The van der Waals surface area contributed by atoms with E-state index in [1.807, 2.05) is 6.07 Å². The van der Waals surface area contributed by atoms with Crippen LogP contribution in [0.5, 0.6) is 5.75 Å². The number of rotatable bonds is 7. The van der Waals surface area contributed by atoms with Crippen LogP contribution in [0.25, 0.3) is 0 Å². The molecule has 3 rings (SSSR count). The molecule has 1 N–H and O–H groups in total. The average Bonchev–Trinajstić information content (AvgIpc) is 2.65. The summed E-state index contributed by atoms with van der Waals surface area (Å²) in [7, 11) is 0. The number of aliphatic hydroxyl groups excluding tert-OH is 1. The van der Waals surface area contributed by atoms with Gasteiger partial charge in [0.25, 0.3) is 0 Å². The van der Waals surface area contributed by atoms with Crippen LogP contribution in [0.4, 0.5) is 0 Å². The van der Waals surface area contributed by atoms with Crippen molar-refractivity contribution in [3.05, 3.63) is 65.7 Å². The molecule has 2 aromatic carbocycles. The number of nitrogens with zero attached hydrogens (tertiary/aromatic N) is 1. The summed E-state index contributed by atoms with van der Waals surface area (Å²) in [5.74, 6) is 1.44. The van der Waals surface area contributed by atoms with Gasteiger partial charge in [0, 0.05) is 13.2 Å². The molecule has 0 aromatic heterocycles. The SMILES string of the molecule is OCC1CCN(CCOc2ccc(Cc3ccccc3)cc2)CC1. The lowest BCUT2D eigenvalue weighted by molar-refractivity contribution is 0.119. The highest BCUT2D eigenvalue weighted by atomic mass is 16.5. The molecule has 0 amide bonds. The van der Waals surface area contributed by atoms with Crippen molar-refractivity contribution in [3.63, 3.8) is 0 Å². The van der Waals surface area contributed by atoms with E-state index in [9.17, 15) is 5.11 Å². The molecule has 0 bridgehead atoms. The van der Waals surface area contributed by atoms with Crippen molar-refractivity contribution < 1.29 is 9.84 Å². The molecule has 0 saturated carbocycles. The quantitative estimate of drug-likeness (QED) is 0.847. The highest BCUT2D eigenvalue weighted by Gasteiger charge is 2.17. The minimum absolute atomic E-state index is 0.333. The van der Waals surface area contributed by atoms with E-state index >= 15 is 0 Å². The zero-order valence-corrected chi connectivity index (χ0v) is 14.2. The van der Waals surface area contributed by atoms with Gasteiger partial charge in [-0.05, 0) is 61.5 Å². The number of benzene rings is 2. The van der Waals surface area contributed by atoms with E-state index in [4.69, 9.17) is 4.74 Å². The Labute approximate surface area is 144 Å². The van der Waals surface area contributed by atoms with Gasteiger partial charge in [0.15, 0.2) is 0 Å². The summed E-state index contributed by atoms with van der Waals surface area (Å²) in [6.07, 6.45) is 3.16. The van der Waals surface area contributed by atoms with Gasteiger partial charge in [-0.15, -0.1) is 0 Å². The Kier molecular flexibility index (Phi) is 6.27. The van der Waals surface area contributed by atoms with Gasteiger partial charge in [-0.25, -0.2) is 0 Å². The van der Waals surface area contributed by atoms with Gasteiger partial charge < -0.3 is 9.84 Å². The molecule has 0 spiro atoms. The third kappa shape index (κ3) is 5.08. The summed E-state index contributed by atoms with van der Waals surface area (Å²) in [5, 5.41) is 9.17. The van der Waals surface area contributed by atoms with Crippen molar-refractivity contribution in [3.8, 4) is 5.75 Å². The fourth-order valence-electron chi connectivity index (χ4n) is 3.22. The molecule has 3 heteroatoms. The summed E-state index contributed by atoms with van der Waals surface area (Å²) in [6, 6.07) is 18.9. The molecular formula is C21H27NO2. The monoisotopic (exact) mass is 325 g/mol. The second-order valence-electron chi connectivity index (χ2n) is 6.62. The smallest absolute Gasteiger partial charge is 0.119 e. The lowest BCUT2D eigenvalue weighted by atomic mass is 9.98. The van der Waals surface area contributed by atoms with Crippen molar-refractivity contribution in [2.75, 3.05) is 32.8 Å². The zero-order valence-electron chi connectivity index (χ0n) is 14.2. The van der Waals surface area contributed by atoms with E-state index in [0.717, 1.165) is 51.3 Å². The average molecular weight is 325 g/mol. The van der Waals surface area contributed by atoms with E-state index in [1.54, 1.807) is 0 Å². The van der Waals surface area contributed by atoms with E-state index in [2.05, 4.69) is 53.4 Å². The highest BCUT2D eigenvalue weighted by molar-refractivity contribution is 5.31.